The molecule has 0 aliphatic heterocycles. The van der Waals surface area contributed by atoms with E-state index in [2.05, 4.69) is 20.7 Å². The number of aromatic nitrogens is 3. The number of hydrogen-bond donors (Lipinski definition) is 1. The number of thioether (sulfide) groups is 1. The fourth-order valence-corrected chi connectivity index (χ4v) is 4.20. The second-order valence-corrected chi connectivity index (χ2v) is 8.95. The van der Waals surface area contributed by atoms with E-state index in [1.165, 1.54) is 11.8 Å². The lowest BCUT2D eigenvalue weighted by molar-refractivity contribution is -0.118. The zero-order chi connectivity index (χ0) is 24.6. The van der Waals surface area contributed by atoms with Gasteiger partial charge < -0.3 is 4.74 Å². The Morgan fingerprint density at radius 3 is 2.60 bits per heavy atom. The van der Waals surface area contributed by atoms with E-state index in [4.69, 9.17) is 16.3 Å². The third kappa shape index (κ3) is 6.49. The number of hydrazone groups is 1. The molecule has 178 valence electrons. The molecule has 9 heteroatoms. The van der Waals surface area contributed by atoms with Gasteiger partial charge in [0.1, 0.15) is 5.75 Å². The summed E-state index contributed by atoms with van der Waals surface area (Å²) in [6.07, 6.45) is 1.62. The number of hydrogen-bond acceptors (Lipinski definition) is 6. The molecule has 1 amide bonds. The van der Waals surface area contributed by atoms with Gasteiger partial charge >= 0.3 is 0 Å². The lowest BCUT2D eigenvalue weighted by Crippen LogP contribution is -2.20. The smallest absolute Gasteiger partial charge is 0.250 e. The second-order valence-electron chi connectivity index (χ2n) is 7.57. The van der Waals surface area contributed by atoms with Crippen LogP contribution in [-0.2, 0) is 4.79 Å². The van der Waals surface area contributed by atoms with Gasteiger partial charge in [-0.3, -0.25) is 9.36 Å². The number of halogens is 1. The fraction of sp³-hybridized carbons (Fsp3) is 0.154. The minimum atomic E-state index is -0.242. The van der Waals surface area contributed by atoms with Crippen LogP contribution in [0.1, 0.15) is 18.1 Å². The first-order chi connectivity index (χ1) is 17.0. The van der Waals surface area contributed by atoms with Crippen LogP contribution in [0.3, 0.4) is 0 Å². The van der Waals surface area contributed by atoms with Gasteiger partial charge in [-0.1, -0.05) is 53.2 Å². The Balaban J connectivity index is 1.52. The first kappa shape index (κ1) is 24.5. The van der Waals surface area contributed by atoms with Gasteiger partial charge in [0.15, 0.2) is 11.0 Å². The van der Waals surface area contributed by atoms with Gasteiger partial charge in [0.25, 0.3) is 5.91 Å². The maximum Gasteiger partial charge on any atom is 0.250 e. The van der Waals surface area contributed by atoms with Gasteiger partial charge in [-0.2, -0.15) is 5.10 Å². The number of aryl methyl sites for hydroxylation is 1. The second kappa shape index (κ2) is 11.7. The van der Waals surface area contributed by atoms with E-state index in [-0.39, 0.29) is 11.7 Å². The molecule has 3 aromatic carbocycles. The lowest BCUT2D eigenvalue weighted by Gasteiger charge is -2.11. The molecule has 7 nitrogen and oxygen atoms in total. The van der Waals surface area contributed by atoms with Crippen molar-refractivity contribution in [2.75, 3.05) is 12.4 Å². The fourth-order valence-electron chi connectivity index (χ4n) is 3.33. The summed E-state index contributed by atoms with van der Waals surface area (Å²) in [4.78, 5) is 12.4. The van der Waals surface area contributed by atoms with E-state index >= 15 is 0 Å². The van der Waals surface area contributed by atoms with E-state index in [0.29, 0.717) is 22.6 Å². The van der Waals surface area contributed by atoms with E-state index in [0.717, 1.165) is 28.1 Å². The summed E-state index contributed by atoms with van der Waals surface area (Å²) in [5.41, 5.74) is 6.32. The summed E-state index contributed by atoms with van der Waals surface area (Å²) in [6.45, 7) is 4.53. The van der Waals surface area contributed by atoms with Crippen molar-refractivity contribution in [2.24, 2.45) is 5.10 Å². The van der Waals surface area contributed by atoms with Gasteiger partial charge in [0, 0.05) is 16.3 Å². The van der Waals surface area contributed by atoms with Crippen molar-refractivity contribution in [3.63, 3.8) is 0 Å². The highest BCUT2D eigenvalue weighted by atomic mass is 35.5. The Morgan fingerprint density at radius 1 is 1.11 bits per heavy atom. The molecule has 0 aliphatic carbocycles. The molecule has 1 aromatic heterocycles. The quantitative estimate of drug-likeness (QED) is 0.183. The maximum atomic E-state index is 12.4. The Labute approximate surface area is 213 Å². The van der Waals surface area contributed by atoms with Crippen LogP contribution in [-0.4, -0.2) is 39.2 Å². The molecule has 0 saturated carbocycles. The predicted octanol–water partition coefficient (Wildman–Crippen LogP) is 5.54. The standard InChI is InChI=1S/C26H24ClN5O2S/c1-3-34-23-13-11-22(12-14-23)32-25(20-7-9-21(27)10-8-20)30-31-26(32)35-17-24(33)29-28-16-19-6-4-5-18(2)15-19/h4-16H,3,17H2,1-2H3,(H,29,33)/b28-16-. The predicted molar refractivity (Wildman–Crippen MR) is 141 cm³/mol. The van der Waals surface area contributed by atoms with Crippen LogP contribution >= 0.6 is 23.4 Å². The minimum absolute atomic E-state index is 0.126. The largest absolute Gasteiger partial charge is 0.494 e. The Kier molecular flexibility index (Phi) is 8.18. The van der Waals surface area contributed by atoms with Crippen molar-refractivity contribution >= 4 is 35.5 Å². The average molecular weight is 506 g/mol. The first-order valence-corrected chi connectivity index (χ1v) is 12.4. The van der Waals surface area contributed by atoms with E-state index in [1.54, 1.807) is 18.3 Å². The van der Waals surface area contributed by atoms with Crippen LogP contribution < -0.4 is 10.2 Å². The molecule has 1 N–H and O–H groups in total. The number of benzene rings is 3. The summed E-state index contributed by atoms with van der Waals surface area (Å²) in [5.74, 6) is 1.30. The van der Waals surface area contributed by atoms with Crippen LogP contribution in [0.4, 0.5) is 0 Å². The zero-order valence-corrected chi connectivity index (χ0v) is 20.9. The third-order valence-corrected chi connectivity index (χ3v) is 6.10. The van der Waals surface area contributed by atoms with Crippen LogP contribution in [0.25, 0.3) is 17.1 Å². The molecule has 0 fully saturated rings. The summed E-state index contributed by atoms with van der Waals surface area (Å²) in [7, 11) is 0. The number of amides is 1. The van der Waals surface area contributed by atoms with Crippen molar-refractivity contribution in [1.29, 1.82) is 0 Å². The molecule has 1 heterocycles. The molecular formula is C26H24ClN5O2S. The van der Waals surface area contributed by atoms with Gasteiger partial charge in [0.05, 0.1) is 18.6 Å². The van der Waals surface area contributed by atoms with Crippen molar-refractivity contribution in [3.05, 3.63) is 88.9 Å². The molecule has 0 atom stereocenters. The molecule has 0 spiro atoms. The molecule has 0 aliphatic rings. The number of nitrogens with one attached hydrogen (secondary N) is 1. The molecule has 0 bridgehead atoms. The highest BCUT2D eigenvalue weighted by Crippen LogP contribution is 2.29. The molecule has 0 radical (unpaired) electrons. The first-order valence-electron chi connectivity index (χ1n) is 11.0. The maximum absolute atomic E-state index is 12.4. The van der Waals surface area contributed by atoms with Crippen LogP contribution in [0, 0.1) is 6.92 Å². The number of nitrogens with zero attached hydrogens (tertiary/aromatic N) is 4. The Hall–Kier alpha value is -3.62. The summed E-state index contributed by atoms with van der Waals surface area (Å²) >= 11 is 7.34. The van der Waals surface area contributed by atoms with Crippen LogP contribution in [0.2, 0.25) is 5.02 Å². The Morgan fingerprint density at radius 2 is 1.89 bits per heavy atom. The van der Waals surface area contributed by atoms with Crippen molar-refractivity contribution in [3.8, 4) is 22.8 Å². The topological polar surface area (TPSA) is 81.4 Å². The number of ether oxygens (including phenoxy) is 1. The monoisotopic (exact) mass is 505 g/mol. The summed E-state index contributed by atoms with van der Waals surface area (Å²) in [6, 6.07) is 22.9. The van der Waals surface area contributed by atoms with Gasteiger partial charge in [-0.05, 0) is 67.9 Å². The normalized spacial score (nSPS) is 11.1. The highest BCUT2D eigenvalue weighted by Gasteiger charge is 2.17. The summed E-state index contributed by atoms with van der Waals surface area (Å²) < 4.78 is 7.47. The molecule has 0 saturated heterocycles. The SMILES string of the molecule is CCOc1ccc(-n2c(SCC(=O)N/N=C\c3cccc(C)c3)nnc2-c2ccc(Cl)cc2)cc1. The molecule has 4 rings (SSSR count). The zero-order valence-electron chi connectivity index (χ0n) is 19.3. The van der Waals surface area contributed by atoms with Gasteiger partial charge in [-0.15, -0.1) is 10.2 Å². The van der Waals surface area contributed by atoms with Crippen LogP contribution in [0.5, 0.6) is 5.75 Å². The molecule has 4 aromatic rings. The molecular weight excluding hydrogens is 482 g/mol. The van der Waals surface area contributed by atoms with Crippen LogP contribution in [0.15, 0.2) is 83.1 Å². The van der Waals surface area contributed by atoms with Gasteiger partial charge in [-0.25, -0.2) is 5.43 Å². The summed E-state index contributed by atoms with van der Waals surface area (Å²) in [5, 5.41) is 14.0. The van der Waals surface area contributed by atoms with Crippen molar-refractivity contribution in [1.82, 2.24) is 20.2 Å². The third-order valence-electron chi connectivity index (χ3n) is 4.92. The highest BCUT2D eigenvalue weighted by molar-refractivity contribution is 7.99. The minimum Gasteiger partial charge on any atom is -0.494 e. The Bertz CT molecular complexity index is 1320. The van der Waals surface area contributed by atoms with Gasteiger partial charge in [0.2, 0.25) is 0 Å². The average Bonchev–Trinajstić information content (AvgIpc) is 3.28. The van der Waals surface area contributed by atoms with Crippen molar-refractivity contribution < 1.29 is 9.53 Å². The molecule has 35 heavy (non-hydrogen) atoms. The lowest BCUT2D eigenvalue weighted by atomic mass is 10.2. The number of carbonyl (C=O) groups is 1. The number of rotatable bonds is 9. The van der Waals surface area contributed by atoms with Crippen molar-refractivity contribution in [2.45, 2.75) is 19.0 Å². The van der Waals surface area contributed by atoms with E-state index < -0.39 is 0 Å². The van der Waals surface area contributed by atoms with E-state index in [1.807, 2.05) is 79.1 Å². The molecule has 0 unspecified atom stereocenters. The van der Waals surface area contributed by atoms with E-state index in [9.17, 15) is 4.79 Å². The number of carbonyl (C=O) groups excluding carboxylic acids is 1.